The van der Waals surface area contributed by atoms with E-state index in [4.69, 9.17) is 9.97 Å². The van der Waals surface area contributed by atoms with Crippen LogP contribution in [0.1, 0.15) is 25.0 Å². The summed E-state index contributed by atoms with van der Waals surface area (Å²) in [5.74, 6) is 0. The Balaban J connectivity index is 1.06. The van der Waals surface area contributed by atoms with E-state index in [9.17, 15) is 0 Å². The standard InChI is InChI=1S/C61H40N2/c1-61(2)51-25-13-10-18-41(51)42-33-32-40(34-52(42)61)58-46-22-9-7-20-44(46)56(50-36-63-54-27-15-12-24-48(54)60(50)58)39-30-28-38(29-31-39)55-43-19-6-8-21-45(43)57(37-16-4-3-5-17-37)59-47-23-11-14-26-53(47)62-35-49(55)59/h3-36H,1-2H3. The highest BCUT2D eigenvalue weighted by Gasteiger charge is 2.35. The number of hydrogen-bond donors (Lipinski definition) is 0. The molecular formula is C61H40N2. The van der Waals surface area contributed by atoms with Gasteiger partial charge in [-0.1, -0.05) is 190 Å². The Morgan fingerprint density at radius 1 is 0.302 bits per heavy atom. The molecule has 10 aromatic carbocycles. The second-order valence-electron chi connectivity index (χ2n) is 17.6. The molecular weight excluding hydrogens is 761 g/mol. The van der Waals surface area contributed by atoms with Crippen LogP contribution < -0.4 is 0 Å². The molecule has 0 unspecified atom stereocenters. The Morgan fingerprint density at radius 2 is 0.698 bits per heavy atom. The van der Waals surface area contributed by atoms with Crippen molar-refractivity contribution in [1.29, 1.82) is 0 Å². The van der Waals surface area contributed by atoms with Crippen molar-refractivity contribution >= 4 is 64.9 Å². The van der Waals surface area contributed by atoms with Gasteiger partial charge < -0.3 is 0 Å². The van der Waals surface area contributed by atoms with E-state index in [1.807, 2.05) is 0 Å². The summed E-state index contributed by atoms with van der Waals surface area (Å²) in [6, 6.07) is 71.2. The normalized spacial score (nSPS) is 13.0. The minimum atomic E-state index is -0.111. The summed E-state index contributed by atoms with van der Waals surface area (Å²) < 4.78 is 0. The topological polar surface area (TPSA) is 25.8 Å². The maximum atomic E-state index is 5.13. The van der Waals surface area contributed by atoms with Crippen LogP contribution in [0.15, 0.2) is 207 Å². The van der Waals surface area contributed by atoms with Crippen molar-refractivity contribution in [1.82, 2.24) is 9.97 Å². The number of fused-ring (bicyclic) bond motifs is 11. The van der Waals surface area contributed by atoms with Crippen molar-refractivity contribution in [2.45, 2.75) is 19.3 Å². The highest BCUT2D eigenvalue weighted by atomic mass is 14.7. The zero-order valence-corrected chi connectivity index (χ0v) is 35.0. The smallest absolute Gasteiger partial charge is 0.0708 e. The lowest BCUT2D eigenvalue weighted by Gasteiger charge is -2.23. The Morgan fingerprint density at radius 3 is 1.25 bits per heavy atom. The van der Waals surface area contributed by atoms with Gasteiger partial charge in [-0.25, -0.2) is 0 Å². The number of pyridine rings is 2. The molecule has 0 radical (unpaired) electrons. The third-order valence-corrected chi connectivity index (χ3v) is 13.9. The minimum Gasteiger partial charge on any atom is -0.256 e. The molecule has 0 amide bonds. The van der Waals surface area contributed by atoms with Gasteiger partial charge in [0.05, 0.1) is 11.0 Å². The molecule has 0 spiro atoms. The van der Waals surface area contributed by atoms with E-state index in [2.05, 4.69) is 220 Å². The van der Waals surface area contributed by atoms with Gasteiger partial charge in [0.2, 0.25) is 0 Å². The van der Waals surface area contributed by atoms with Crippen LogP contribution in [-0.4, -0.2) is 9.97 Å². The van der Waals surface area contributed by atoms with Gasteiger partial charge in [0, 0.05) is 50.1 Å². The van der Waals surface area contributed by atoms with Crippen molar-refractivity contribution in [3.63, 3.8) is 0 Å². The van der Waals surface area contributed by atoms with Crippen LogP contribution in [0.2, 0.25) is 0 Å². The molecule has 1 aliphatic rings. The molecule has 13 rings (SSSR count). The van der Waals surface area contributed by atoms with Crippen molar-refractivity contribution in [3.8, 4) is 55.6 Å². The summed E-state index contributed by atoms with van der Waals surface area (Å²) in [6.45, 7) is 4.73. The third kappa shape index (κ3) is 5.19. The van der Waals surface area contributed by atoms with Crippen LogP contribution in [0.3, 0.4) is 0 Å². The first-order valence-corrected chi connectivity index (χ1v) is 21.9. The SMILES string of the molecule is CC1(C)c2ccccc2-c2ccc(-c3c4ccccc4c(-c4ccc(-c5c6ccccc6c(-c6ccccc6)c6c5cnc5ccccc56)cc4)c4cnc5ccccc5c34)cc21. The maximum Gasteiger partial charge on any atom is 0.0708 e. The number of nitrogens with zero attached hydrogens (tertiary/aromatic N) is 2. The predicted molar refractivity (Wildman–Crippen MR) is 266 cm³/mol. The van der Waals surface area contributed by atoms with E-state index < -0.39 is 0 Å². The van der Waals surface area contributed by atoms with Crippen LogP contribution in [0.4, 0.5) is 0 Å². The molecule has 0 atom stereocenters. The molecule has 0 N–H and O–H groups in total. The summed E-state index contributed by atoms with van der Waals surface area (Å²) in [6.07, 6.45) is 4.21. The summed E-state index contributed by atoms with van der Waals surface area (Å²) in [4.78, 5) is 10.2. The van der Waals surface area contributed by atoms with E-state index in [1.54, 1.807) is 0 Å². The second-order valence-corrected chi connectivity index (χ2v) is 17.6. The number of para-hydroxylation sites is 2. The highest BCUT2D eigenvalue weighted by molar-refractivity contribution is 6.29. The second kappa shape index (κ2) is 13.5. The maximum absolute atomic E-state index is 5.13. The average Bonchev–Trinajstić information content (AvgIpc) is 3.57. The summed E-state index contributed by atoms with van der Waals surface area (Å²) >= 11 is 0. The first-order valence-electron chi connectivity index (χ1n) is 21.9. The van der Waals surface area contributed by atoms with Gasteiger partial charge in [-0.2, -0.15) is 0 Å². The lowest BCUT2D eigenvalue weighted by Crippen LogP contribution is -2.14. The molecule has 63 heavy (non-hydrogen) atoms. The van der Waals surface area contributed by atoms with Crippen molar-refractivity contribution in [2.24, 2.45) is 0 Å². The monoisotopic (exact) mass is 800 g/mol. The number of aromatic nitrogens is 2. The zero-order valence-electron chi connectivity index (χ0n) is 35.0. The lowest BCUT2D eigenvalue weighted by atomic mass is 9.80. The summed E-state index contributed by atoms with van der Waals surface area (Å²) in [5.41, 5.74) is 17.0. The van der Waals surface area contributed by atoms with Crippen molar-refractivity contribution in [2.75, 3.05) is 0 Å². The Hall–Kier alpha value is -7.94. The van der Waals surface area contributed by atoms with E-state index >= 15 is 0 Å². The third-order valence-electron chi connectivity index (χ3n) is 13.9. The highest BCUT2D eigenvalue weighted by Crippen LogP contribution is 2.52. The molecule has 0 fully saturated rings. The summed E-state index contributed by atoms with van der Waals surface area (Å²) in [7, 11) is 0. The quantitative estimate of drug-likeness (QED) is 0.131. The van der Waals surface area contributed by atoms with Gasteiger partial charge in [-0.15, -0.1) is 0 Å². The fourth-order valence-corrected chi connectivity index (χ4v) is 11.1. The fourth-order valence-electron chi connectivity index (χ4n) is 11.1. The molecule has 12 aromatic rings. The Bertz CT molecular complexity index is 3860. The van der Waals surface area contributed by atoms with E-state index in [0.29, 0.717) is 0 Å². The van der Waals surface area contributed by atoms with E-state index in [1.165, 1.54) is 88.0 Å². The van der Waals surface area contributed by atoms with Crippen LogP contribution in [0, 0.1) is 0 Å². The zero-order chi connectivity index (χ0) is 41.8. The largest absolute Gasteiger partial charge is 0.256 e. The van der Waals surface area contributed by atoms with Gasteiger partial charge in [0.1, 0.15) is 0 Å². The Labute approximate surface area is 365 Å². The molecule has 0 saturated carbocycles. The van der Waals surface area contributed by atoms with Crippen LogP contribution >= 0.6 is 0 Å². The van der Waals surface area contributed by atoms with Crippen molar-refractivity contribution in [3.05, 3.63) is 218 Å². The van der Waals surface area contributed by atoms with Gasteiger partial charge >= 0.3 is 0 Å². The van der Waals surface area contributed by atoms with Crippen molar-refractivity contribution < 1.29 is 0 Å². The molecule has 2 nitrogen and oxygen atoms in total. The average molecular weight is 801 g/mol. The summed E-state index contributed by atoms with van der Waals surface area (Å²) in [5, 5.41) is 12.0. The van der Waals surface area contributed by atoms with Crippen LogP contribution in [-0.2, 0) is 5.41 Å². The molecule has 294 valence electrons. The lowest BCUT2D eigenvalue weighted by molar-refractivity contribution is 0.660. The fraction of sp³-hybridized carbons (Fsp3) is 0.0492. The van der Waals surface area contributed by atoms with E-state index in [-0.39, 0.29) is 5.41 Å². The first kappa shape index (κ1) is 35.8. The van der Waals surface area contributed by atoms with Gasteiger partial charge in [0.25, 0.3) is 0 Å². The van der Waals surface area contributed by atoms with Gasteiger partial charge in [-0.05, 0) is 107 Å². The molecule has 2 heterocycles. The van der Waals surface area contributed by atoms with E-state index in [0.717, 1.165) is 43.7 Å². The molecule has 2 aromatic heterocycles. The molecule has 0 aliphatic heterocycles. The minimum absolute atomic E-state index is 0.111. The molecule has 0 bridgehead atoms. The van der Waals surface area contributed by atoms with Gasteiger partial charge in [-0.3, -0.25) is 9.97 Å². The predicted octanol–water partition coefficient (Wildman–Crippen LogP) is 16.4. The van der Waals surface area contributed by atoms with Crippen LogP contribution in [0.25, 0.3) is 121 Å². The first-order chi connectivity index (χ1) is 31.0. The molecule has 0 saturated heterocycles. The Kier molecular flexibility index (Phi) is 7.68. The van der Waals surface area contributed by atoms with Crippen LogP contribution in [0.5, 0.6) is 0 Å². The van der Waals surface area contributed by atoms with Gasteiger partial charge in [0.15, 0.2) is 0 Å². The number of benzene rings is 10. The number of hydrogen-bond acceptors (Lipinski definition) is 2. The number of rotatable bonds is 4. The molecule has 2 heteroatoms. The molecule has 1 aliphatic carbocycles.